The van der Waals surface area contributed by atoms with Crippen LogP contribution in [-0.4, -0.2) is 32.9 Å². The Morgan fingerprint density at radius 1 is 1.25 bits per heavy atom. The molecule has 2 N–H and O–H groups in total. The molecule has 3 rings (SSSR count). The van der Waals surface area contributed by atoms with E-state index in [9.17, 15) is 4.79 Å². The number of ether oxygens (including phenoxy) is 2. The van der Waals surface area contributed by atoms with Gasteiger partial charge in [-0.3, -0.25) is 5.32 Å². The van der Waals surface area contributed by atoms with E-state index >= 15 is 0 Å². The number of anilines is 1. The van der Waals surface area contributed by atoms with Crippen LogP contribution < -0.4 is 15.4 Å². The number of benzene rings is 1. The molecule has 0 radical (unpaired) electrons. The predicted molar refractivity (Wildman–Crippen MR) is 96.1 cm³/mol. The molecule has 2 aromatic rings. The summed E-state index contributed by atoms with van der Waals surface area (Å²) >= 11 is 1.50. The number of urea groups is 1. The molecule has 128 valence electrons. The molecule has 0 bridgehead atoms. The minimum absolute atomic E-state index is 0.169. The van der Waals surface area contributed by atoms with E-state index in [0.717, 1.165) is 29.2 Å². The Bertz CT molecular complexity index is 667. The van der Waals surface area contributed by atoms with Gasteiger partial charge < -0.3 is 14.8 Å². The number of thiophene rings is 1. The van der Waals surface area contributed by atoms with Crippen LogP contribution in [0.1, 0.15) is 18.4 Å². The van der Waals surface area contributed by atoms with E-state index in [4.69, 9.17) is 9.47 Å². The van der Waals surface area contributed by atoms with Crippen LogP contribution in [0.25, 0.3) is 0 Å². The Labute approximate surface area is 146 Å². The number of nitrogens with one attached hydrogen (secondary N) is 2. The quantitative estimate of drug-likeness (QED) is 0.869. The van der Waals surface area contributed by atoms with Crippen LogP contribution in [0.5, 0.6) is 5.75 Å². The monoisotopic (exact) mass is 346 g/mol. The second-order valence-corrected chi connectivity index (χ2v) is 6.83. The van der Waals surface area contributed by atoms with E-state index in [1.807, 2.05) is 35.7 Å². The molecule has 24 heavy (non-hydrogen) atoms. The SMILES string of the molecule is COc1ccccc1C1(CNC(=O)Nc2cccs2)CCOCC1. The Balaban J connectivity index is 1.75. The highest BCUT2D eigenvalue weighted by atomic mass is 32.1. The molecule has 1 fully saturated rings. The molecule has 0 spiro atoms. The molecule has 0 saturated carbocycles. The van der Waals surface area contributed by atoms with Gasteiger partial charge in [0.1, 0.15) is 5.75 Å². The van der Waals surface area contributed by atoms with Crippen molar-refractivity contribution in [3.8, 4) is 5.75 Å². The second-order valence-electron chi connectivity index (χ2n) is 5.88. The van der Waals surface area contributed by atoms with E-state index in [0.29, 0.717) is 19.8 Å². The third kappa shape index (κ3) is 3.71. The van der Waals surface area contributed by atoms with Crippen molar-refractivity contribution in [2.75, 3.05) is 32.2 Å². The van der Waals surface area contributed by atoms with Crippen LogP contribution in [0.2, 0.25) is 0 Å². The topological polar surface area (TPSA) is 59.6 Å². The predicted octanol–water partition coefficient (Wildman–Crippen LogP) is 3.63. The fourth-order valence-corrected chi connectivity index (χ4v) is 3.75. The summed E-state index contributed by atoms with van der Waals surface area (Å²) in [7, 11) is 1.68. The lowest BCUT2D eigenvalue weighted by molar-refractivity contribution is 0.0500. The first-order chi connectivity index (χ1) is 11.7. The summed E-state index contributed by atoms with van der Waals surface area (Å²) in [6.07, 6.45) is 1.71. The summed E-state index contributed by atoms with van der Waals surface area (Å²) in [5.74, 6) is 0.861. The van der Waals surface area contributed by atoms with E-state index in [1.165, 1.54) is 11.3 Å². The van der Waals surface area contributed by atoms with Crippen LogP contribution >= 0.6 is 11.3 Å². The lowest BCUT2D eigenvalue weighted by atomic mass is 9.73. The van der Waals surface area contributed by atoms with Gasteiger partial charge in [0, 0.05) is 30.7 Å². The fourth-order valence-electron chi connectivity index (χ4n) is 3.14. The van der Waals surface area contributed by atoms with Crippen LogP contribution in [0, 0.1) is 0 Å². The van der Waals surface area contributed by atoms with Gasteiger partial charge in [0.25, 0.3) is 0 Å². The molecule has 6 heteroatoms. The standard InChI is InChI=1S/C18H22N2O3S/c1-22-15-6-3-2-5-14(15)18(8-10-23-11-9-18)13-19-17(21)20-16-7-4-12-24-16/h2-7,12H,8-11,13H2,1H3,(H2,19,20,21). The van der Waals surface area contributed by atoms with Crippen molar-refractivity contribution >= 4 is 22.4 Å². The Morgan fingerprint density at radius 2 is 2.04 bits per heavy atom. The molecule has 2 amide bonds. The smallest absolute Gasteiger partial charge is 0.319 e. The number of rotatable bonds is 5. The Kier molecular flexibility index (Phi) is 5.37. The number of hydrogen-bond donors (Lipinski definition) is 2. The number of methoxy groups -OCH3 is 1. The summed E-state index contributed by atoms with van der Waals surface area (Å²) < 4.78 is 11.1. The van der Waals surface area contributed by atoms with E-state index in [1.54, 1.807) is 7.11 Å². The molecular formula is C18H22N2O3S. The molecule has 1 saturated heterocycles. The average molecular weight is 346 g/mol. The van der Waals surface area contributed by atoms with Gasteiger partial charge >= 0.3 is 6.03 Å². The number of carbonyl (C=O) groups excluding carboxylic acids is 1. The Morgan fingerprint density at radius 3 is 2.75 bits per heavy atom. The van der Waals surface area contributed by atoms with Gasteiger partial charge in [-0.15, -0.1) is 11.3 Å². The summed E-state index contributed by atoms with van der Waals surface area (Å²) in [4.78, 5) is 12.2. The molecule has 0 unspecified atom stereocenters. The van der Waals surface area contributed by atoms with Gasteiger partial charge in [-0.2, -0.15) is 0 Å². The van der Waals surface area contributed by atoms with E-state index in [2.05, 4.69) is 16.7 Å². The largest absolute Gasteiger partial charge is 0.496 e. The van der Waals surface area contributed by atoms with Crippen LogP contribution in [-0.2, 0) is 10.2 Å². The maximum atomic E-state index is 12.2. The molecular weight excluding hydrogens is 324 g/mol. The number of carbonyl (C=O) groups is 1. The summed E-state index contributed by atoms with van der Waals surface area (Å²) in [6, 6.07) is 11.6. The van der Waals surface area contributed by atoms with Gasteiger partial charge in [-0.25, -0.2) is 4.79 Å². The molecule has 1 aliphatic rings. The number of amides is 2. The first-order valence-electron chi connectivity index (χ1n) is 8.03. The van der Waals surface area contributed by atoms with Crippen molar-refractivity contribution < 1.29 is 14.3 Å². The lowest BCUT2D eigenvalue weighted by Crippen LogP contribution is -2.45. The summed E-state index contributed by atoms with van der Waals surface area (Å²) in [5, 5.41) is 8.67. The summed E-state index contributed by atoms with van der Waals surface area (Å²) in [6.45, 7) is 1.92. The maximum absolute atomic E-state index is 12.2. The first kappa shape index (κ1) is 16.8. The molecule has 1 aromatic carbocycles. The van der Waals surface area contributed by atoms with Gasteiger partial charge in [-0.1, -0.05) is 18.2 Å². The second kappa shape index (κ2) is 7.68. The van der Waals surface area contributed by atoms with E-state index < -0.39 is 0 Å². The van der Waals surface area contributed by atoms with E-state index in [-0.39, 0.29) is 11.4 Å². The highest BCUT2D eigenvalue weighted by Gasteiger charge is 2.37. The van der Waals surface area contributed by atoms with Crippen molar-refractivity contribution in [3.63, 3.8) is 0 Å². The average Bonchev–Trinajstić information content (AvgIpc) is 3.14. The zero-order valence-corrected chi connectivity index (χ0v) is 14.5. The van der Waals surface area contributed by atoms with Crippen LogP contribution in [0.15, 0.2) is 41.8 Å². The zero-order chi connectivity index (χ0) is 16.8. The van der Waals surface area contributed by atoms with Crippen LogP contribution in [0.3, 0.4) is 0 Å². The molecule has 5 nitrogen and oxygen atoms in total. The number of hydrogen-bond acceptors (Lipinski definition) is 4. The van der Waals surface area contributed by atoms with Gasteiger partial charge in [-0.05, 0) is 36.4 Å². The maximum Gasteiger partial charge on any atom is 0.319 e. The zero-order valence-electron chi connectivity index (χ0n) is 13.7. The van der Waals surface area contributed by atoms with Crippen LogP contribution in [0.4, 0.5) is 9.80 Å². The minimum atomic E-state index is -0.182. The molecule has 1 aliphatic heterocycles. The van der Waals surface area contributed by atoms with Crippen molar-refractivity contribution in [1.82, 2.24) is 5.32 Å². The summed E-state index contributed by atoms with van der Waals surface area (Å²) in [5.41, 5.74) is 0.963. The van der Waals surface area contributed by atoms with Crippen molar-refractivity contribution in [1.29, 1.82) is 0 Å². The molecule has 1 aromatic heterocycles. The van der Waals surface area contributed by atoms with Gasteiger partial charge in [0.05, 0.1) is 12.1 Å². The Hall–Kier alpha value is -2.05. The highest BCUT2D eigenvalue weighted by Crippen LogP contribution is 2.39. The highest BCUT2D eigenvalue weighted by molar-refractivity contribution is 7.14. The van der Waals surface area contributed by atoms with Gasteiger partial charge in [0.2, 0.25) is 0 Å². The number of para-hydroxylation sites is 1. The van der Waals surface area contributed by atoms with Gasteiger partial charge in [0.15, 0.2) is 0 Å². The van der Waals surface area contributed by atoms with Crippen molar-refractivity contribution in [2.24, 2.45) is 0 Å². The van der Waals surface area contributed by atoms with Crippen molar-refractivity contribution in [3.05, 3.63) is 47.3 Å². The minimum Gasteiger partial charge on any atom is -0.496 e. The molecule has 2 heterocycles. The third-order valence-corrected chi connectivity index (χ3v) is 5.26. The molecule has 0 atom stereocenters. The lowest BCUT2D eigenvalue weighted by Gasteiger charge is -2.38. The van der Waals surface area contributed by atoms with Crippen molar-refractivity contribution in [2.45, 2.75) is 18.3 Å². The normalized spacial score (nSPS) is 16.4. The molecule has 0 aliphatic carbocycles. The fraction of sp³-hybridized carbons (Fsp3) is 0.389. The third-order valence-electron chi connectivity index (χ3n) is 4.47. The first-order valence-corrected chi connectivity index (χ1v) is 8.91.